The summed E-state index contributed by atoms with van der Waals surface area (Å²) in [6.45, 7) is 6.33. The number of nitrogen functional groups attached to an aromatic ring is 1. The number of ether oxygens (including phenoxy) is 1. The summed E-state index contributed by atoms with van der Waals surface area (Å²) in [6.07, 6.45) is -0.657. The first-order chi connectivity index (χ1) is 10.5. The summed E-state index contributed by atoms with van der Waals surface area (Å²) in [5.41, 5.74) is 8.47. The molecule has 1 atom stereocenters. The van der Waals surface area contributed by atoms with E-state index in [4.69, 9.17) is 10.5 Å². The van der Waals surface area contributed by atoms with Crippen molar-refractivity contribution in [3.05, 3.63) is 41.1 Å². The van der Waals surface area contributed by atoms with Crippen LogP contribution in [0.4, 0.5) is 11.8 Å². The molecule has 0 aliphatic heterocycles. The summed E-state index contributed by atoms with van der Waals surface area (Å²) in [7, 11) is 0. The van der Waals surface area contributed by atoms with Gasteiger partial charge in [0.2, 0.25) is 5.95 Å². The summed E-state index contributed by atoms with van der Waals surface area (Å²) >= 11 is 0. The molecule has 6 nitrogen and oxygen atoms in total. The van der Waals surface area contributed by atoms with Crippen molar-refractivity contribution >= 4 is 11.8 Å². The topological polar surface area (TPSA) is 93.3 Å². The predicted molar refractivity (Wildman–Crippen MR) is 87.1 cm³/mol. The zero-order chi connectivity index (χ0) is 16.1. The number of aliphatic hydroxyl groups excluding tert-OH is 1. The van der Waals surface area contributed by atoms with Crippen LogP contribution in [0.3, 0.4) is 0 Å². The average Bonchev–Trinajstić information content (AvgIpc) is 2.43. The fourth-order valence-electron chi connectivity index (χ4n) is 2.17. The number of aryl methyl sites for hydroxylation is 3. The molecular formula is C16H22N4O2. The maximum Gasteiger partial charge on any atom is 0.222 e. The average molecular weight is 302 g/mol. The number of benzene rings is 1. The minimum absolute atomic E-state index is 0.207. The van der Waals surface area contributed by atoms with Crippen LogP contribution >= 0.6 is 0 Å². The number of nitrogens with zero attached hydrogens (tertiary/aromatic N) is 2. The van der Waals surface area contributed by atoms with Crippen molar-refractivity contribution in [1.82, 2.24) is 9.97 Å². The highest BCUT2D eigenvalue weighted by Crippen LogP contribution is 2.22. The number of aromatic nitrogens is 2. The molecule has 0 saturated carbocycles. The second kappa shape index (κ2) is 7.09. The molecule has 2 rings (SSSR count). The number of nitrogens with one attached hydrogen (secondary N) is 1. The Hall–Kier alpha value is -2.34. The zero-order valence-electron chi connectivity index (χ0n) is 13.1. The van der Waals surface area contributed by atoms with E-state index < -0.39 is 6.10 Å². The van der Waals surface area contributed by atoms with Crippen LogP contribution in [-0.4, -0.2) is 34.3 Å². The molecule has 0 amide bonds. The molecule has 0 radical (unpaired) electrons. The van der Waals surface area contributed by atoms with Crippen LogP contribution in [0.2, 0.25) is 0 Å². The zero-order valence-corrected chi connectivity index (χ0v) is 13.1. The number of para-hydroxylation sites is 1. The quantitative estimate of drug-likeness (QED) is 0.754. The van der Waals surface area contributed by atoms with E-state index in [1.807, 2.05) is 39.0 Å². The van der Waals surface area contributed by atoms with E-state index in [-0.39, 0.29) is 12.6 Å². The van der Waals surface area contributed by atoms with Crippen LogP contribution in [0.15, 0.2) is 24.3 Å². The maximum atomic E-state index is 10.0. The molecule has 4 N–H and O–H groups in total. The van der Waals surface area contributed by atoms with Gasteiger partial charge in [-0.1, -0.05) is 18.2 Å². The van der Waals surface area contributed by atoms with E-state index in [0.29, 0.717) is 12.4 Å². The van der Waals surface area contributed by atoms with E-state index in [2.05, 4.69) is 15.3 Å². The highest BCUT2D eigenvalue weighted by Gasteiger charge is 2.09. The number of hydrogen-bond acceptors (Lipinski definition) is 6. The van der Waals surface area contributed by atoms with Crippen molar-refractivity contribution in [2.75, 3.05) is 24.2 Å². The third-order valence-corrected chi connectivity index (χ3v) is 3.22. The third kappa shape index (κ3) is 4.33. The fraction of sp³-hybridized carbons (Fsp3) is 0.375. The Bertz CT molecular complexity index is 606. The first kappa shape index (κ1) is 16.0. The lowest BCUT2D eigenvalue weighted by Gasteiger charge is -2.16. The number of nitrogens with two attached hydrogens (primary N) is 1. The van der Waals surface area contributed by atoms with Crippen LogP contribution in [-0.2, 0) is 0 Å². The van der Waals surface area contributed by atoms with Gasteiger partial charge in [-0.2, -0.15) is 4.98 Å². The molecule has 0 aliphatic rings. The maximum absolute atomic E-state index is 10.0. The van der Waals surface area contributed by atoms with Gasteiger partial charge in [-0.3, -0.25) is 0 Å². The smallest absolute Gasteiger partial charge is 0.222 e. The molecule has 0 spiro atoms. The van der Waals surface area contributed by atoms with Gasteiger partial charge < -0.3 is 20.9 Å². The van der Waals surface area contributed by atoms with Crippen molar-refractivity contribution in [3.63, 3.8) is 0 Å². The SMILES string of the molecule is Cc1cc(NC[C@H](O)COc2c(C)cccc2C)nc(N)n1. The standard InChI is InChI=1S/C16H22N4O2/c1-10-5-4-6-11(2)15(10)22-9-13(21)8-18-14-7-12(3)19-16(17)20-14/h4-7,13,21H,8-9H2,1-3H3,(H3,17,18,19,20)/t13-/m0/s1. The Morgan fingerprint density at radius 1 is 1.23 bits per heavy atom. The monoisotopic (exact) mass is 302 g/mol. The van der Waals surface area contributed by atoms with Crippen molar-refractivity contribution < 1.29 is 9.84 Å². The molecule has 0 saturated heterocycles. The highest BCUT2D eigenvalue weighted by atomic mass is 16.5. The number of hydrogen-bond donors (Lipinski definition) is 3. The Labute approximate surface area is 130 Å². The minimum atomic E-state index is -0.657. The van der Waals surface area contributed by atoms with E-state index >= 15 is 0 Å². The first-order valence-electron chi connectivity index (χ1n) is 7.18. The van der Waals surface area contributed by atoms with Gasteiger partial charge in [0.05, 0.1) is 0 Å². The van der Waals surface area contributed by atoms with Crippen LogP contribution in [0.1, 0.15) is 16.8 Å². The molecule has 0 bridgehead atoms. The Kier molecular flexibility index (Phi) is 5.16. The van der Waals surface area contributed by atoms with E-state index in [1.165, 1.54) is 0 Å². The molecular weight excluding hydrogens is 280 g/mol. The second-order valence-electron chi connectivity index (χ2n) is 5.32. The minimum Gasteiger partial charge on any atom is -0.490 e. The predicted octanol–water partition coefficient (Wildman–Crippen LogP) is 1.84. The van der Waals surface area contributed by atoms with Crippen LogP contribution < -0.4 is 15.8 Å². The molecule has 2 aromatic rings. The van der Waals surface area contributed by atoms with Crippen molar-refractivity contribution in [3.8, 4) is 5.75 Å². The van der Waals surface area contributed by atoms with Crippen molar-refractivity contribution in [2.45, 2.75) is 26.9 Å². The number of rotatable bonds is 6. The molecule has 1 aromatic carbocycles. The lowest BCUT2D eigenvalue weighted by Crippen LogP contribution is -2.27. The second-order valence-corrected chi connectivity index (χ2v) is 5.32. The number of anilines is 2. The number of aliphatic hydroxyl groups is 1. The van der Waals surface area contributed by atoms with Crippen LogP contribution in [0.25, 0.3) is 0 Å². The van der Waals surface area contributed by atoms with Gasteiger partial charge >= 0.3 is 0 Å². The van der Waals surface area contributed by atoms with Gasteiger partial charge in [0.25, 0.3) is 0 Å². The summed E-state index contributed by atoms with van der Waals surface area (Å²) in [5.74, 6) is 1.63. The lowest BCUT2D eigenvalue weighted by atomic mass is 10.1. The summed E-state index contributed by atoms with van der Waals surface area (Å²) in [4.78, 5) is 8.05. The molecule has 0 unspecified atom stereocenters. The van der Waals surface area contributed by atoms with Gasteiger partial charge in [0, 0.05) is 18.3 Å². The van der Waals surface area contributed by atoms with Crippen LogP contribution in [0, 0.1) is 20.8 Å². The molecule has 0 aliphatic carbocycles. The van der Waals surface area contributed by atoms with Gasteiger partial charge in [-0.05, 0) is 31.9 Å². The summed E-state index contributed by atoms with van der Waals surface area (Å²) in [5, 5.41) is 13.1. The molecule has 1 aromatic heterocycles. The van der Waals surface area contributed by atoms with Gasteiger partial charge in [0.15, 0.2) is 0 Å². The van der Waals surface area contributed by atoms with Crippen LogP contribution in [0.5, 0.6) is 5.75 Å². The molecule has 6 heteroatoms. The Balaban J connectivity index is 1.87. The largest absolute Gasteiger partial charge is 0.490 e. The van der Waals surface area contributed by atoms with Crippen molar-refractivity contribution in [1.29, 1.82) is 0 Å². The van der Waals surface area contributed by atoms with Gasteiger partial charge in [-0.15, -0.1) is 0 Å². The first-order valence-corrected chi connectivity index (χ1v) is 7.18. The molecule has 0 fully saturated rings. The molecule has 1 heterocycles. The van der Waals surface area contributed by atoms with E-state index in [9.17, 15) is 5.11 Å². The van der Waals surface area contributed by atoms with E-state index in [0.717, 1.165) is 22.6 Å². The van der Waals surface area contributed by atoms with Crippen molar-refractivity contribution in [2.24, 2.45) is 0 Å². The fourth-order valence-corrected chi connectivity index (χ4v) is 2.17. The summed E-state index contributed by atoms with van der Waals surface area (Å²) in [6, 6.07) is 7.73. The Morgan fingerprint density at radius 2 is 1.91 bits per heavy atom. The molecule has 22 heavy (non-hydrogen) atoms. The normalized spacial score (nSPS) is 12.0. The summed E-state index contributed by atoms with van der Waals surface area (Å²) < 4.78 is 5.72. The van der Waals surface area contributed by atoms with Gasteiger partial charge in [0.1, 0.15) is 24.3 Å². The lowest BCUT2D eigenvalue weighted by molar-refractivity contribution is 0.116. The Morgan fingerprint density at radius 3 is 2.55 bits per heavy atom. The molecule has 118 valence electrons. The highest BCUT2D eigenvalue weighted by molar-refractivity contribution is 5.41. The van der Waals surface area contributed by atoms with Gasteiger partial charge in [-0.25, -0.2) is 4.98 Å². The third-order valence-electron chi connectivity index (χ3n) is 3.22. The van der Waals surface area contributed by atoms with E-state index in [1.54, 1.807) is 6.07 Å².